The SMILES string of the molecule is Cc1cc2nc(-c3[nH]ncc3NC(=O)c3c(F)cccc3F)[nH]c2cc1C.O=C(Nc1cn[nH]c1-c1nc2c(F)cc(F)cc2[nH]1)c1c(F)cccc1F.O=C(Nc1cn[nH]c1-c1nc2c3c(ccc2[nH]1)OCCO3)c1c(F)cccc1F.O=C(Nc1cn[nH]c1-c1nc2cc3c(cc2[nH]1)OCO3)c1c(F)cccc1F. The Morgan fingerprint density at radius 3 is 1.15 bits per heavy atom. The van der Waals surface area contributed by atoms with E-state index in [2.05, 4.69) is 102 Å². The molecule has 12 N–H and O–H groups in total. The highest BCUT2D eigenvalue weighted by Gasteiger charge is 2.28. The van der Waals surface area contributed by atoms with Crippen molar-refractivity contribution >= 4 is 90.5 Å². The molecule has 16 aromatic rings. The molecule has 38 heteroatoms. The number of hydrogen-bond acceptors (Lipinski definition) is 16. The van der Waals surface area contributed by atoms with Crippen LogP contribution in [0.3, 0.4) is 0 Å². The molecule has 0 aliphatic carbocycles. The van der Waals surface area contributed by atoms with E-state index < -0.39 is 104 Å². The minimum atomic E-state index is -1.04. The second-order valence-corrected chi connectivity index (χ2v) is 24.1. The number of amides is 4. The van der Waals surface area contributed by atoms with E-state index >= 15 is 0 Å². The lowest BCUT2D eigenvalue weighted by Gasteiger charge is -2.17. The fourth-order valence-corrected chi connectivity index (χ4v) is 11.6. The molecule has 8 aromatic carbocycles. The van der Waals surface area contributed by atoms with Gasteiger partial charge in [-0.25, -0.2) is 63.8 Å². The number of aryl methyl sites for hydroxylation is 2. The van der Waals surface area contributed by atoms with Gasteiger partial charge in [-0.15, -0.1) is 0 Å². The lowest BCUT2D eigenvalue weighted by Crippen LogP contribution is -2.16. The Labute approximate surface area is 612 Å². The van der Waals surface area contributed by atoms with Crippen molar-refractivity contribution in [2.24, 2.45) is 0 Å². The lowest BCUT2D eigenvalue weighted by atomic mass is 10.1. The quantitative estimate of drug-likeness (QED) is 0.0506. The molecule has 0 saturated carbocycles. The minimum absolute atomic E-state index is 0.0441. The van der Waals surface area contributed by atoms with Crippen LogP contribution in [0.15, 0.2) is 146 Å². The second-order valence-electron chi connectivity index (χ2n) is 24.1. The number of aromatic nitrogens is 16. The monoisotopic (exact) mass is 1520 g/mol. The molecule has 0 atom stereocenters. The summed E-state index contributed by atoms with van der Waals surface area (Å²) >= 11 is 0. The lowest BCUT2D eigenvalue weighted by molar-refractivity contribution is 0.101. The number of aromatic amines is 8. The van der Waals surface area contributed by atoms with Gasteiger partial charge in [-0.05, 0) is 104 Å². The number of rotatable bonds is 12. The molecule has 0 bridgehead atoms. The van der Waals surface area contributed by atoms with E-state index in [1.807, 2.05) is 26.0 Å². The van der Waals surface area contributed by atoms with Crippen LogP contribution in [-0.4, -0.2) is 124 Å². The predicted octanol–water partition coefficient (Wildman–Crippen LogP) is 14.3. The zero-order valence-electron chi connectivity index (χ0n) is 56.6. The van der Waals surface area contributed by atoms with Crippen LogP contribution in [0.5, 0.6) is 23.0 Å². The Bertz CT molecular complexity index is 6200. The van der Waals surface area contributed by atoms with Crippen molar-refractivity contribution in [2.45, 2.75) is 13.8 Å². The maximum absolute atomic E-state index is 13.9. The molecular weight excluding hydrogens is 1470 g/mol. The van der Waals surface area contributed by atoms with Crippen molar-refractivity contribution in [2.75, 3.05) is 41.3 Å². The van der Waals surface area contributed by atoms with Crippen molar-refractivity contribution in [3.63, 3.8) is 0 Å². The third-order valence-electron chi connectivity index (χ3n) is 17.0. The van der Waals surface area contributed by atoms with Gasteiger partial charge in [-0.1, -0.05) is 24.3 Å². The number of hydrogen-bond donors (Lipinski definition) is 12. The van der Waals surface area contributed by atoms with E-state index in [-0.39, 0.29) is 52.1 Å². The number of H-pyrrole nitrogens is 8. The second kappa shape index (κ2) is 29.7. The number of imidazole rings is 4. The fraction of sp³-hybridized carbons (Fsp3) is 0.0685. The number of halogens is 10. The van der Waals surface area contributed by atoms with Crippen molar-refractivity contribution in [1.82, 2.24) is 80.7 Å². The van der Waals surface area contributed by atoms with Crippen LogP contribution in [0, 0.1) is 72.0 Å². The van der Waals surface area contributed by atoms with Gasteiger partial charge in [0.2, 0.25) is 6.79 Å². The van der Waals surface area contributed by atoms with Crippen LogP contribution in [0.1, 0.15) is 52.6 Å². The molecule has 0 fully saturated rings. The normalized spacial score (nSPS) is 11.9. The zero-order valence-corrected chi connectivity index (χ0v) is 56.6. The van der Waals surface area contributed by atoms with Crippen molar-refractivity contribution < 1.29 is 82.0 Å². The number of fused-ring (bicyclic) bond motifs is 7. The third kappa shape index (κ3) is 14.3. The van der Waals surface area contributed by atoms with Gasteiger partial charge in [0, 0.05) is 18.2 Å². The number of carbonyl (C=O) groups is 4. The maximum atomic E-state index is 13.9. The van der Waals surface area contributed by atoms with Crippen LogP contribution >= 0.6 is 0 Å². The first-order valence-corrected chi connectivity index (χ1v) is 32.6. The molecule has 0 spiro atoms. The molecule has 28 nitrogen and oxygen atoms in total. The number of nitrogens with zero attached hydrogens (tertiary/aromatic N) is 8. The summed E-state index contributed by atoms with van der Waals surface area (Å²) in [6, 6.07) is 25.4. The topological polar surface area (TPSA) is 383 Å². The standard InChI is InChI=1S/C19H13F2N5O3.C19H15F2N5O.C18H11F2N5O3.C17H9F4N5O/c20-9-2-1-3-10(21)14(9)19(27)24-12-8-22-26-16(12)18-23-11-4-5-13-17(15(11)25-18)29-7-6-28-13;1-9-6-13-14(7-10(9)2)24-18(23-13)17-15(8-22-26-17)25-19(27)16-11(20)4-3-5-12(16)21;19-8-2-1-3-9(20)15(8)18(26)24-12-6-21-25-16(12)17-22-10-4-13-14(28-7-27-13)5-11(10)23-17;18-7-4-10(21)14-11(5-7)23-16(25-14)15-12(6-22-26-15)24-17(27)13-8(19)2-1-3-9(13)20/h1-5,8H,6-7H2,(H,22,26)(H,23,25)(H,24,27);3-8H,1-2H3,(H,22,26)(H,23,24)(H,25,27);1-6H,7H2,(H,21,25)(H,22,23)(H,24,26);1-6H,(H,22,26)(H,23,25)(H,24,27). The van der Waals surface area contributed by atoms with Gasteiger partial charge < -0.3 is 60.2 Å². The molecule has 0 radical (unpaired) electrons. The average molecular weight is 1520 g/mol. The summed E-state index contributed by atoms with van der Waals surface area (Å²) in [5, 5.41) is 35.9. The first kappa shape index (κ1) is 71.5. The van der Waals surface area contributed by atoms with Gasteiger partial charge in [-0.2, -0.15) is 20.4 Å². The van der Waals surface area contributed by atoms with Crippen molar-refractivity contribution in [3.05, 3.63) is 238 Å². The molecule has 2 aliphatic heterocycles. The number of benzene rings is 8. The first-order valence-electron chi connectivity index (χ1n) is 32.6. The van der Waals surface area contributed by atoms with Gasteiger partial charge >= 0.3 is 0 Å². The van der Waals surface area contributed by atoms with Crippen LogP contribution < -0.4 is 40.2 Å². The minimum Gasteiger partial charge on any atom is -0.486 e. The van der Waals surface area contributed by atoms with Crippen LogP contribution in [0.4, 0.5) is 66.7 Å². The molecule has 10 heterocycles. The Hall–Kier alpha value is -15.1. The highest BCUT2D eigenvalue weighted by Crippen LogP contribution is 2.40. The van der Waals surface area contributed by atoms with Crippen molar-refractivity contribution in [3.8, 4) is 69.1 Å². The summed E-state index contributed by atoms with van der Waals surface area (Å²) < 4.78 is 160. The van der Waals surface area contributed by atoms with Crippen molar-refractivity contribution in [1.29, 1.82) is 0 Å². The third-order valence-corrected chi connectivity index (χ3v) is 17.0. The first-order chi connectivity index (χ1) is 53.6. The average Bonchev–Trinajstić information content (AvgIpc) is 1.64. The summed E-state index contributed by atoms with van der Waals surface area (Å²) in [5.41, 5.74) is 5.54. The molecule has 4 amide bonds. The largest absolute Gasteiger partial charge is 0.486 e. The number of nitrogens with one attached hydrogen (secondary N) is 12. The predicted molar refractivity (Wildman–Crippen MR) is 378 cm³/mol. The molecule has 0 saturated heterocycles. The Morgan fingerprint density at radius 1 is 0.351 bits per heavy atom. The highest BCUT2D eigenvalue weighted by molar-refractivity contribution is 6.09. The molecule has 8 aromatic heterocycles. The van der Waals surface area contributed by atoms with Crippen LogP contribution in [-0.2, 0) is 0 Å². The van der Waals surface area contributed by atoms with E-state index in [9.17, 15) is 63.1 Å². The van der Waals surface area contributed by atoms with Gasteiger partial charge in [-0.3, -0.25) is 39.6 Å². The molecule has 18 rings (SSSR count). The Morgan fingerprint density at radius 2 is 0.712 bits per heavy atom. The number of anilines is 4. The maximum Gasteiger partial charge on any atom is 0.261 e. The zero-order chi connectivity index (χ0) is 77.5. The summed E-state index contributed by atoms with van der Waals surface area (Å²) in [7, 11) is 0. The van der Waals surface area contributed by atoms with E-state index in [0.717, 1.165) is 82.8 Å². The van der Waals surface area contributed by atoms with Crippen LogP contribution in [0.25, 0.3) is 90.2 Å². The molecular formula is C73H48F10N20O8. The summed E-state index contributed by atoms with van der Waals surface area (Å²) in [6.07, 6.45) is 5.20. The summed E-state index contributed by atoms with van der Waals surface area (Å²) in [4.78, 5) is 78.8. The van der Waals surface area contributed by atoms with Gasteiger partial charge in [0.05, 0.1) is 80.6 Å². The highest BCUT2D eigenvalue weighted by atomic mass is 19.2. The van der Waals surface area contributed by atoms with Gasteiger partial charge in [0.15, 0.2) is 52.1 Å². The number of carbonyl (C=O) groups excluding carboxylic acids is 4. The summed E-state index contributed by atoms with van der Waals surface area (Å²) in [6.45, 7) is 5.01. The van der Waals surface area contributed by atoms with Gasteiger partial charge in [0.25, 0.3) is 23.6 Å². The van der Waals surface area contributed by atoms with E-state index in [1.54, 1.807) is 24.3 Å². The molecule has 2 aliphatic rings. The number of ether oxygens (including phenoxy) is 4. The van der Waals surface area contributed by atoms with E-state index in [1.165, 1.54) is 43.0 Å². The van der Waals surface area contributed by atoms with E-state index in [0.29, 0.717) is 98.9 Å². The Kier molecular flexibility index (Phi) is 19.1. The molecule has 0 unspecified atom stereocenters. The Balaban J connectivity index is 0.000000117. The molecule has 111 heavy (non-hydrogen) atoms. The fourth-order valence-electron chi connectivity index (χ4n) is 11.6. The smallest absolute Gasteiger partial charge is 0.261 e. The summed E-state index contributed by atoms with van der Waals surface area (Å²) in [5.74, 6) is -9.70. The molecule has 558 valence electrons. The van der Waals surface area contributed by atoms with E-state index in [4.69, 9.17) is 18.9 Å². The van der Waals surface area contributed by atoms with Gasteiger partial charge in [0.1, 0.15) is 122 Å². The van der Waals surface area contributed by atoms with Crippen LogP contribution in [0.2, 0.25) is 0 Å².